The summed E-state index contributed by atoms with van der Waals surface area (Å²) in [5, 5.41) is 16.1. The maximum Gasteiger partial charge on any atom is 0.190 e. The number of rotatable bonds is 9. The molecule has 1 saturated heterocycles. The number of aliphatic hydroxyl groups is 1. The van der Waals surface area contributed by atoms with Crippen LogP contribution in [0.25, 0.3) is 0 Å². The van der Waals surface area contributed by atoms with Gasteiger partial charge in [0, 0.05) is 58.5 Å². The molecule has 6 heteroatoms. The molecule has 0 radical (unpaired) electrons. The standard InChI is InChI=1S/C20H34N4O2/c1-21-19(23-15-20(10-13-25)11-14-26-16-20)22-12-4-5-17-6-8-18(9-7-17)24(2)3/h6-9,25H,4-5,10-16H2,1-3H3,(H2,21,22,23). The fourth-order valence-corrected chi connectivity index (χ4v) is 3.26. The second-order valence-corrected chi connectivity index (χ2v) is 7.29. The molecule has 1 atom stereocenters. The summed E-state index contributed by atoms with van der Waals surface area (Å²) in [7, 11) is 5.90. The summed E-state index contributed by atoms with van der Waals surface area (Å²) in [4.78, 5) is 6.41. The monoisotopic (exact) mass is 362 g/mol. The van der Waals surface area contributed by atoms with Gasteiger partial charge in [0.15, 0.2) is 5.96 Å². The molecule has 0 spiro atoms. The van der Waals surface area contributed by atoms with Crippen molar-refractivity contribution in [1.29, 1.82) is 0 Å². The van der Waals surface area contributed by atoms with Crippen LogP contribution in [0, 0.1) is 5.41 Å². The highest BCUT2D eigenvalue weighted by Crippen LogP contribution is 2.31. The van der Waals surface area contributed by atoms with E-state index in [1.54, 1.807) is 7.05 Å². The fraction of sp³-hybridized carbons (Fsp3) is 0.650. The van der Waals surface area contributed by atoms with Crippen LogP contribution in [0.1, 0.15) is 24.8 Å². The first-order valence-electron chi connectivity index (χ1n) is 9.48. The van der Waals surface area contributed by atoms with E-state index in [-0.39, 0.29) is 12.0 Å². The van der Waals surface area contributed by atoms with E-state index in [0.29, 0.717) is 6.61 Å². The predicted molar refractivity (Wildman–Crippen MR) is 108 cm³/mol. The van der Waals surface area contributed by atoms with Crippen molar-refractivity contribution in [2.24, 2.45) is 10.4 Å². The number of nitrogens with zero attached hydrogens (tertiary/aromatic N) is 2. The lowest BCUT2D eigenvalue weighted by Gasteiger charge is -2.27. The van der Waals surface area contributed by atoms with Crippen LogP contribution >= 0.6 is 0 Å². The van der Waals surface area contributed by atoms with Crippen molar-refractivity contribution in [3.05, 3.63) is 29.8 Å². The third-order valence-corrected chi connectivity index (χ3v) is 5.07. The number of anilines is 1. The summed E-state index contributed by atoms with van der Waals surface area (Å²) in [6, 6.07) is 8.71. The molecular weight excluding hydrogens is 328 g/mol. The van der Waals surface area contributed by atoms with Gasteiger partial charge in [-0.1, -0.05) is 12.1 Å². The van der Waals surface area contributed by atoms with E-state index in [0.717, 1.165) is 51.3 Å². The van der Waals surface area contributed by atoms with E-state index < -0.39 is 0 Å². The van der Waals surface area contributed by atoms with E-state index in [1.807, 2.05) is 0 Å². The summed E-state index contributed by atoms with van der Waals surface area (Å²) < 4.78 is 5.54. The lowest BCUT2D eigenvalue weighted by molar-refractivity contribution is 0.127. The SMILES string of the molecule is CN=C(NCCCc1ccc(N(C)C)cc1)NCC1(CCO)CCOC1. The highest BCUT2D eigenvalue weighted by Gasteiger charge is 2.34. The summed E-state index contributed by atoms with van der Waals surface area (Å²) in [5.41, 5.74) is 2.61. The van der Waals surface area contributed by atoms with E-state index in [1.165, 1.54) is 11.3 Å². The van der Waals surface area contributed by atoms with Gasteiger partial charge < -0.3 is 25.4 Å². The molecule has 1 aliphatic rings. The Kier molecular flexibility index (Phi) is 8.19. The van der Waals surface area contributed by atoms with Gasteiger partial charge in [-0.3, -0.25) is 4.99 Å². The van der Waals surface area contributed by atoms with Gasteiger partial charge in [0.2, 0.25) is 0 Å². The number of ether oxygens (including phenoxy) is 1. The first-order valence-corrected chi connectivity index (χ1v) is 9.48. The number of hydrogen-bond acceptors (Lipinski definition) is 4. The van der Waals surface area contributed by atoms with Crippen molar-refractivity contribution in [1.82, 2.24) is 10.6 Å². The highest BCUT2D eigenvalue weighted by atomic mass is 16.5. The van der Waals surface area contributed by atoms with Crippen LogP contribution in [0.15, 0.2) is 29.3 Å². The third-order valence-electron chi connectivity index (χ3n) is 5.07. The second-order valence-electron chi connectivity index (χ2n) is 7.29. The maximum absolute atomic E-state index is 9.31. The molecule has 1 aromatic carbocycles. The van der Waals surface area contributed by atoms with Gasteiger partial charge in [0.25, 0.3) is 0 Å². The Balaban J connectivity index is 1.70. The number of aliphatic hydroxyl groups excluding tert-OH is 1. The summed E-state index contributed by atoms with van der Waals surface area (Å²) in [6.45, 7) is 3.34. The third kappa shape index (κ3) is 6.18. The maximum atomic E-state index is 9.31. The van der Waals surface area contributed by atoms with Crippen molar-refractivity contribution >= 4 is 11.6 Å². The van der Waals surface area contributed by atoms with Crippen molar-refractivity contribution < 1.29 is 9.84 Å². The first-order chi connectivity index (χ1) is 12.6. The molecule has 146 valence electrons. The van der Waals surface area contributed by atoms with Crippen LogP contribution < -0.4 is 15.5 Å². The van der Waals surface area contributed by atoms with Crippen molar-refractivity contribution in [2.75, 3.05) is 59.0 Å². The van der Waals surface area contributed by atoms with E-state index in [9.17, 15) is 5.11 Å². The molecule has 2 rings (SSSR count). The van der Waals surface area contributed by atoms with E-state index >= 15 is 0 Å². The van der Waals surface area contributed by atoms with Gasteiger partial charge in [-0.15, -0.1) is 0 Å². The van der Waals surface area contributed by atoms with Crippen LogP contribution in [0.3, 0.4) is 0 Å². The zero-order chi connectivity index (χ0) is 18.8. The van der Waals surface area contributed by atoms with Crippen LogP contribution in [-0.2, 0) is 11.2 Å². The topological polar surface area (TPSA) is 69.1 Å². The molecular formula is C20H34N4O2. The first kappa shape index (κ1) is 20.5. The molecule has 0 saturated carbocycles. The number of guanidine groups is 1. The zero-order valence-corrected chi connectivity index (χ0v) is 16.4. The molecule has 0 aliphatic carbocycles. The molecule has 0 aromatic heterocycles. The van der Waals surface area contributed by atoms with Crippen molar-refractivity contribution in [3.63, 3.8) is 0 Å². The highest BCUT2D eigenvalue weighted by molar-refractivity contribution is 5.79. The normalized spacial score (nSPS) is 20.2. The number of hydrogen-bond donors (Lipinski definition) is 3. The molecule has 1 aromatic rings. The van der Waals surface area contributed by atoms with Gasteiger partial charge in [-0.2, -0.15) is 0 Å². The lowest BCUT2D eigenvalue weighted by Crippen LogP contribution is -2.44. The van der Waals surface area contributed by atoms with Crippen molar-refractivity contribution in [2.45, 2.75) is 25.7 Å². The van der Waals surface area contributed by atoms with E-state index in [2.05, 4.69) is 58.9 Å². The van der Waals surface area contributed by atoms with Gasteiger partial charge in [0.05, 0.1) is 6.61 Å². The Morgan fingerprint density at radius 1 is 1.27 bits per heavy atom. The largest absolute Gasteiger partial charge is 0.396 e. The number of nitrogens with one attached hydrogen (secondary N) is 2. The Bertz CT molecular complexity index is 551. The minimum atomic E-state index is 0.0283. The second kappa shape index (κ2) is 10.4. The molecule has 1 aliphatic heterocycles. The minimum absolute atomic E-state index is 0.0283. The predicted octanol–water partition coefficient (Wildman–Crippen LogP) is 1.64. The smallest absolute Gasteiger partial charge is 0.190 e. The molecule has 1 fully saturated rings. The van der Waals surface area contributed by atoms with Crippen LogP contribution in [-0.4, -0.2) is 65.1 Å². The number of benzene rings is 1. The van der Waals surface area contributed by atoms with Crippen molar-refractivity contribution in [3.8, 4) is 0 Å². The van der Waals surface area contributed by atoms with Gasteiger partial charge in [0.1, 0.15) is 0 Å². The fourth-order valence-electron chi connectivity index (χ4n) is 3.26. The minimum Gasteiger partial charge on any atom is -0.396 e. The molecule has 3 N–H and O–H groups in total. The molecule has 0 amide bonds. The van der Waals surface area contributed by atoms with Crippen LogP contribution in [0.5, 0.6) is 0 Å². The van der Waals surface area contributed by atoms with Crippen LogP contribution in [0.4, 0.5) is 5.69 Å². The molecule has 0 bridgehead atoms. The average Bonchev–Trinajstić information content (AvgIpc) is 3.10. The summed E-state index contributed by atoms with van der Waals surface area (Å²) in [5.74, 6) is 0.817. The average molecular weight is 363 g/mol. The number of aryl methyl sites for hydroxylation is 1. The molecule has 1 heterocycles. The van der Waals surface area contributed by atoms with Gasteiger partial charge in [-0.25, -0.2) is 0 Å². The van der Waals surface area contributed by atoms with Crippen LogP contribution in [0.2, 0.25) is 0 Å². The molecule has 26 heavy (non-hydrogen) atoms. The van der Waals surface area contributed by atoms with E-state index in [4.69, 9.17) is 4.74 Å². The Hall–Kier alpha value is -1.79. The van der Waals surface area contributed by atoms with Gasteiger partial charge in [-0.05, 0) is 43.4 Å². The zero-order valence-electron chi connectivity index (χ0n) is 16.4. The molecule has 1 unspecified atom stereocenters. The quantitative estimate of drug-likeness (QED) is 0.354. The Labute approximate surface area is 157 Å². The Morgan fingerprint density at radius 2 is 2.04 bits per heavy atom. The summed E-state index contributed by atoms with van der Waals surface area (Å²) >= 11 is 0. The number of aliphatic imine (C=N–C) groups is 1. The Morgan fingerprint density at radius 3 is 2.62 bits per heavy atom. The lowest BCUT2D eigenvalue weighted by atomic mass is 9.84. The molecule has 6 nitrogen and oxygen atoms in total. The summed E-state index contributed by atoms with van der Waals surface area (Å²) in [6.07, 6.45) is 3.84. The van der Waals surface area contributed by atoms with Gasteiger partial charge >= 0.3 is 0 Å².